The van der Waals surface area contributed by atoms with E-state index in [2.05, 4.69) is 24.0 Å². The number of carbonyl (C=O) groups excluding carboxylic acids is 1. The van der Waals surface area contributed by atoms with Crippen LogP contribution in [-0.4, -0.2) is 37.6 Å². The van der Waals surface area contributed by atoms with Gasteiger partial charge in [0.05, 0.1) is 13.0 Å². The summed E-state index contributed by atoms with van der Waals surface area (Å²) >= 11 is 0. The van der Waals surface area contributed by atoms with Crippen LogP contribution in [0.1, 0.15) is 36.3 Å². The first-order valence-electron chi connectivity index (χ1n) is 7.07. The van der Waals surface area contributed by atoms with Crippen LogP contribution >= 0.6 is 0 Å². The molecule has 1 aromatic carbocycles. The van der Waals surface area contributed by atoms with E-state index in [1.54, 1.807) is 0 Å². The molecule has 2 rings (SSSR count). The van der Waals surface area contributed by atoms with E-state index >= 15 is 0 Å². The predicted octanol–water partition coefficient (Wildman–Crippen LogP) is 2.74. The Hall–Kier alpha value is -1.35. The van der Waals surface area contributed by atoms with Gasteiger partial charge in [-0.25, -0.2) is 0 Å². The summed E-state index contributed by atoms with van der Waals surface area (Å²) in [6.45, 7) is 5.02. The zero-order chi connectivity index (χ0) is 13.7. The van der Waals surface area contributed by atoms with Crippen LogP contribution in [0.5, 0.6) is 0 Å². The van der Waals surface area contributed by atoms with Gasteiger partial charge in [0.2, 0.25) is 0 Å². The van der Waals surface area contributed by atoms with Crippen molar-refractivity contribution >= 4 is 5.97 Å². The summed E-state index contributed by atoms with van der Waals surface area (Å²) in [5, 5.41) is 0. The van der Waals surface area contributed by atoms with E-state index in [9.17, 15) is 4.79 Å². The second-order valence-electron chi connectivity index (χ2n) is 5.35. The van der Waals surface area contributed by atoms with Crippen LogP contribution in [0.2, 0.25) is 0 Å². The van der Waals surface area contributed by atoms with Crippen molar-refractivity contribution in [1.29, 1.82) is 0 Å². The Morgan fingerprint density at radius 1 is 1.32 bits per heavy atom. The lowest BCUT2D eigenvalue weighted by Gasteiger charge is -2.29. The zero-order valence-corrected chi connectivity index (χ0v) is 11.9. The number of hydrogen-bond donors (Lipinski definition) is 0. The number of rotatable bonds is 4. The first-order valence-corrected chi connectivity index (χ1v) is 7.07. The summed E-state index contributed by atoms with van der Waals surface area (Å²) < 4.78 is 4.98. The molecule has 1 aliphatic heterocycles. The standard InChI is InChI=1S/C16H23NO2/c1-13-7-6-8-14(11-13)15(16(18)19-2)12-17-9-4-3-5-10-17/h6-8,11,15H,3-5,9-10,12H2,1-2H3. The molecule has 0 spiro atoms. The van der Waals surface area contributed by atoms with Crippen molar-refractivity contribution in [2.24, 2.45) is 0 Å². The number of carbonyl (C=O) groups is 1. The third kappa shape index (κ3) is 3.80. The van der Waals surface area contributed by atoms with Gasteiger partial charge in [-0.05, 0) is 38.4 Å². The fraction of sp³-hybridized carbons (Fsp3) is 0.562. The lowest BCUT2D eigenvalue weighted by atomic mass is 9.96. The minimum Gasteiger partial charge on any atom is -0.469 e. The van der Waals surface area contributed by atoms with E-state index in [4.69, 9.17) is 4.74 Å². The molecule has 1 aromatic rings. The van der Waals surface area contributed by atoms with E-state index in [0.29, 0.717) is 0 Å². The van der Waals surface area contributed by atoms with Gasteiger partial charge < -0.3 is 9.64 Å². The molecule has 1 saturated heterocycles. The van der Waals surface area contributed by atoms with E-state index < -0.39 is 0 Å². The summed E-state index contributed by atoms with van der Waals surface area (Å²) in [5.74, 6) is -0.292. The average molecular weight is 261 g/mol. The smallest absolute Gasteiger partial charge is 0.314 e. The van der Waals surface area contributed by atoms with Gasteiger partial charge in [-0.1, -0.05) is 36.2 Å². The highest BCUT2D eigenvalue weighted by atomic mass is 16.5. The normalized spacial score (nSPS) is 18.0. The third-order valence-corrected chi connectivity index (χ3v) is 3.82. The van der Waals surface area contributed by atoms with Gasteiger partial charge in [-0.15, -0.1) is 0 Å². The Morgan fingerprint density at radius 3 is 2.68 bits per heavy atom. The molecule has 3 nitrogen and oxygen atoms in total. The molecule has 0 radical (unpaired) electrons. The molecule has 1 heterocycles. The number of methoxy groups -OCH3 is 1. The van der Waals surface area contributed by atoms with Gasteiger partial charge in [0.1, 0.15) is 0 Å². The predicted molar refractivity (Wildman–Crippen MR) is 76.2 cm³/mol. The van der Waals surface area contributed by atoms with Crippen molar-refractivity contribution in [1.82, 2.24) is 4.90 Å². The van der Waals surface area contributed by atoms with Crippen LogP contribution in [0, 0.1) is 6.92 Å². The van der Waals surface area contributed by atoms with Gasteiger partial charge in [0, 0.05) is 6.54 Å². The number of ether oxygens (including phenoxy) is 1. The number of esters is 1. The molecule has 0 amide bonds. The van der Waals surface area contributed by atoms with Gasteiger partial charge in [-0.3, -0.25) is 4.79 Å². The van der Waals surface area contributed by atoms with Crippen LogP contribution < -0.4 is 0 Å². The molecule has 3 heteroatoms. The van der Waals surface area contributed by atoms with Crippen LogP contribution in [-0.2, 0) is 9.53 Å². The Bertz CT molecular complexity index is 425. The quantitative estimate of drug-likeness (QED) is 0.781. The number of piperidine rings is 1. The lowest BCUT2D eigenvalue weighted by Crippen LogP contribution is -2.36. The fourth-order valence-corrected chi connectivity index (χ4v) is 2.75. The van der Waals surface area contributed by atoms with Crippen molar-refractivity contribution in [3.63, 3.8) is 0 Å². The van der Waals surface area contributed by atoms with E-state index in [0.717, 1.165) is 25.2 Å². The van der Waals surface area contributed by atoms with Crippen molar-refractivity contribution in [2.75, 3.05) is 26.7 Å². The Morgan fingerprint density at radius 2 is 2.05 bits per heavy atom. The molecular weight excluding hydrogens is 238 g/mol. The number of nitrogens with zero attached hydrogens (tertiary/aromatic N) is 1. The first-order chi connectivity index (χ1) is 9.20. The summed E-state index contributed by atoms with van der Waals surface area (Å²) in [6, 6.07) is 8.18. The molecule has 0 saturated carbocycles. The Labute approximate surface area is 115 Å². The van der Waals surface area contributed by atoms with E-state index in [-0.39, 0.29) is 11.9 Å². The summed E-state index contributed by atoms with van der Waals surface area (Å²) in [5.41, 5.74) is 2.25. The molecule has 0 aliphatic carbocycles. The molecular formula is C16H23NO2. The monoisotopic (exact) mass is 261 g/mol. The van der Waals surface area contributed by atoms with Crippen LogP contribution in [0.15, 0.2) is 24.3 Å². The molecule has 1 fully saturated rings. The zero-order valence-electron chi connectivity index (χ0n) is 11.9. The van der Waals surface area contributed by atoms with E-state index in [1.807, 2.05) is 12.1 Å². The first kappa shape index (κ1) is 14.1. The molecule has 1 aliphatic rings. The number of likely N-dealkylation sites (tertiary alicyclic amines) is 1. The topological polar surface area (TPSA) is 29.5 Å². The minimum absolute atomic E-state index is 0.129. The number of aryl methyl sites for hydroxylation is 1. The Kier molecular flexibility index (Phi) is 4.97. The largest absolute Gasteiger partial charge is 0.469 e. The maximum atomic E-state index is 12.0. The summed E-state index contributed by atoms with van der Waals surface area (Å²) in [7, 11) is 1.47. The maximum Gasteiger partial charge on any atom is 0.314 e. The van der Waals surface area contributed by atoms with Crippen molar-refractivity contribution < 1.29 is 9.53 Å². The highest BCUT2D eigenvalue weighted by Gasteiger charge is 2.25. The van der Waals surface area contributed by atoms with Crippen LogP contribution in [0.3, 0.4) is 0 Å². The molecule has 19 heavy (non-hydrogen) atoms. The van der Waals surface area contributed by atoms with Crippen molar-refractivity contribution in [2.45, 2.75) is 32.1 Å². The highest BCUT2D eigenvalue weighted by Crippen LogP contribution is 2.22. The van der Waals surface area contributed by atoms with Gasteiger partial charge in [0.25, 0.3) is 0 Å². The molecule has 1 unspecified atom stereocenters. The van der Waals surface area contributed by atoms with Crippen LogP contribution in [0.4, 0.5) is 0 Å². The second-order valence-corrected chi connectivity index (χ2v) is 5.35. The molecule has 0 aromatic heterocycles. The van der Waals surface area contributed by atoms with Crippen molar-refractivity contribution in [3.8, 4) is 0 Å². The van der Waals surface area contributed by atoms with Crippen molar-refractivity contribution in [3.05, 3.63) is 35.4 Å². The van der Waals surface area contributed by atoms with Gasteiger partial charge in [0.15, 0.2) is 0 Å². The van der Waals surface area contributed by atoms with Gasteiger partial charge in [-0.2, -0.15) is 0 Å². The minimum atomic E-state index is -0.164. The SMILES string of the molecule is COC(=O)C(CN1CCCCC1)c1cccc(C)c1. The van der Waals surface area contributed by atoms with Crippen LogP contribution in [0.25, 0.3) is 0 Å². The molecule has 0 bridgehead atoms. The summed E-state index contributed by atoms with van der Waals surface area (Å²) in [6.07, 6.45) is 3.78. The number of hydrogen-bond acceptors (Lipinski definition) is 3. The molecule has 1 atom stereocenters. The molecule has 0 N–H and O–H groups in total. The second kappa shape index (κ2) is 6.71. The highest BCUT2D eigenvalue weighted by molar-refractivity contribution is 5.78. The summed E-state index contributed by atoms with van der Waals surface area (Å²) in [4.78, 5) is 14.4. The Balaban J connectivity index is 2.13. The number of benzene rings is 1. The maximum absolute atomic E-state index is 12.0. The third-order valence-electron chi connectivity index (χ3n) is 3.82. The lowest BCUT2D eigenvalue weighted by molar-refractivity contribution is -0.143. The molecule has 104 valence electrons. The van der Waals surface area contributed by atoms with E-state index in [1.165, 1.54) is 31.9 Å². The van der Waals surface area contributed by atoms with Gasteiger partial charge >= 0.3 is 5.97 Å². The average Bonchev–Trinajstić information content (AvgIpc) is 2.45. The fourth-order valence-electron chi connectivity index (χ4n) is 2.75.